The van der Waals surface area contributed by atoms with Gasteiger partial charge in [-0.05, 0) is 39.3 Å². The van der Waals surface area contributed by atoms with Crippen LogP contribution in [-0.2, 0) is 0 Å². The minimum absolute atomic E-state index is 0.0398. The molecule has 16 heavy (non-hydrogen) atoms. The van der Waals surface area contributed by atoms with Crippen LogP contribution in [0.25, 0.3) is 0 Å². The molecule has 0 bridgehead atoms. The second kappa shape index (κ2) is 5.10. The van der Waals surface area contributed by atoms with E-state index in [0.29, 0.717) is 12.3 Å². The van der Waals surface area contributed by atoms with Crippen molar-refractivity contribution in [1.82, 2.24) is 0 Å². The predicted octanol–water partition coefficient (Wildman–Crippen LogP) is 3.27. The molecular formula is C13H22N2O. The maximum absolute atomic E-state index is 5.84. The van der Waals surface area contributed by atoms with E-state index in [1.165, 1.54) is 0 Å². The third-order valence-electron chi connectivity index (χ3n) is 1.99. The molecule has 0 radical (unpaired) electrons. The van der Waals surface area contributed by atoms with E-state index in [9.17, 15) is 0 Å². The van der Waals surface area contributed by atoms with Gasteiger partial charge in [-0.3, -0.25) is 0 Å². The maximum atomic E-state index is 5.84. The molecular weight excluding hydrogens is 200 g/mol. The van der Waals surface area contributed by atoms with Crippen LogP contribution in [0.5, 0.6) is 5.75 Å². The fourth-order valence-corrected chi connectivity index (χ4v) is 1.38. The van der Waals surface area contributed by atoms with Gasteiger partial charge in [-0.15, -0.1) is 0 Å². The zero-order chi connectivity index (χ0) is 12.2. The van der Waals surface area contributed by atoms with Gasteiger partial charge in [0.15, 0.2) is 0 Å². The van der Waals surface area contributed by atoms with E-state index in [1.807, 2.05) is 18.2 Å². The van der Waals surface area contributed by atoms with Crippen molar-refractivity contribution in [2.24, 2.45) is 0 Å². The maximum Gasteiger partial charge on any atom is 0.144 e. The standard InChI is InChI=1S/C13H22N2O/c1-5-8-16-12-9-10(6-7-11(12)14)15-13(2,3)4/h6-7,9,15H,5,8,14H2,1-4H3. The average Bonchev–Trinajstić information content (AvgIpc) is 2.17. The van der Waals surface area contributed by atoms with Crippen LogP contribution >= 0.6 is 0 Å². The zero-order valence-corrected chi connectivity index (χ0v) is 10.6. The molecule has 0 aromatic heterocycles. The van der Waals surface area contributed by atoms with Gasteiger partial charge in [-0.2, -0.15) is 0 Å². The molecule has 0 amide bonds. The minimum Gasteiger partial charge on any atom is -0.491 e. The van der Waals surface area contributed by atoms with Crippen LogP contribution in [0.1, 0.15) is 34.1 Å². The number of nitrogens with two attached hydrogens (primary N) is 1. The molecule has 0 aliphatic carbocycles. The number of hydrogen-bond acceptors (Lipinski definition) is 3. The highest BCUT2D eigenvalue weighted by Crippen LogP contribution is 2.27. The molecule has 0 aliphatic rings. The van der Waals surface area contributed by atoms with Crippen LogP contribution in [0.3, 0.4) is 0 Å². The van der Waals surface area contributed by atoms with Crippen LogP contribution in [0.4, 0.5) is 11.4 Å². The molecule has 0 spiro atoms. The SMILES string of the molecule is CCCOc1cc(NC(C)(C)C)ccc1N. The molecule has 0 saturated carbocycles. The zero-order valence-electron chi connectivity index (χ0n) is 10.6. The molecule has 0 unspecified atom stereocenters. The van der Waals surface area contributed by atoms with Gasteiger partial charge < -0.3 is 15.8 Å². The topological polar surface area (TPSA) is 47.3 Å². The summed E-state index contributed by atoms with van der Waals surface area (Å²) in [4.78, 5) is 0. The summed E-state index contributed by atoms with van der Waals surface area (Å²) in [6.07, 6.45) is 0.983. The molecule has 3 heteroatoms. The third-order valence-corrected chi connectivity index (χ3v) is 1.99. The van der Waals surface area contributed by atoms with Gasteiger partial charge in [0.25, 0.3) is 0 Å². The van der Waals surface area contributed by atoms with Gasteiger partial charge in [0, 0.05) is 17.3 Å². The van der Waals surface area contributed by atoms with Crippen molar-refractivity contribution >= 4 is 11.4 Å². The second-order valence-electron chi connectivity index (χ2n) is 4.98. The Balaban J connectivity index is 2.81. The molecule has 0 aliphatic heterocycles. The summed E-state index contributed by atoms with van der Waals surface area (Å²) >= 11 is 0. The van der Waals surface area contributed by atoms with E-state index in [2.05, 4.69) is 33.0 Å². The Kier molecular flexibility index (Phi) is 4.05. The first-order chi connectivity index (χ1) is 7.42. The highest BCUT2D eigenvalue weighted by Gasteiger charge is 2.10. The lowest BCUT2D eigenvalue weighted by Crippen LogP contribution is -2.26. The molecule has 3 nitrogen and oxygen atoms in total. The summed E-state index contributed by atoms with van der Waals surface area (Å²) < 4.78 is 5.58. The van der Waals surface area contributed by atoms with Crippen molar-refractivity contribution in [2.45, 2.75) is 39.7 Å². The van der Waals surface area contributed by atoms with Gasteiger partial charge in [0.05, 0.1) is 12.3 Å². The summed E-state index contributed by atoms with van der Waals surface area (Å²) in [7, 11) is 0. The fraction of sp³-hybridized carbons (Fsp3) is 0.538. The highest BCUT2D eigenvalue weighted by atomic mass is 16.5. The molecule has 1 aromatic carbocycles. The fourth-order valence-electron chi connectivity index (χ4n) is 1.38. The summed E-state index contributed by atoms with van der Waals surface area (Å²) in [6.45, 7) is 9.14. The number of benzene rings is 1. The highest BCUT2D eigenvalue weighted by molar-refractivity contribution is 5.61. The average molecular weight is 222 g/mol. The quantitative estimate of drug-likeness (QED) is 0.769. The smallest absolute Gasteiger partial charge is 0.144 e. The molecule has 3 N–H and O–H groups in total. The molecule has 90 valence electrons. The lowest BCUT2D eigenvalue weighted by atomic mass is 10.1. The van der Waals surface area contributed by atoms with Crippen LogP contribution in [0, 0.1) is 0 Å². The lowest BCUT2D eigenvalue weighted by Gasteiger charge is -2.22. The Morgan fingerprint density at radius 3 is 2.56 bits per heavy atom. The summed E-state index contributed by atoms with van der Waals surface area (Å²) in [5.41, 5.74) is 7.60. The van der Waals surface area contributed by atoms with Gasteiger partial charge in [-0.1, -0.05) is 6.92 Å². The third kappa shape index (κ3) is 4.01. The Labute approximate surface area is 98.0 Å². The molecule has 0 atom stereocenters. The number of nitrogen functional groups attached to an aromatic ring is 1. The van der Waals surface area contributed by atoms with Crippen molar-refractivity contribution in [3.05, 3.63) is 18.2 Å². The van der Waals surface area contributed by atoms with E-state index in [4.69, 9.17) is 10.5 Å². The van der Waals surface area contributed by atoms with E-state index in [1.54, 1.807) is 0 Å². The van der Waals surface area contributed by atoms with Gasteiger partial charge in [0.2, 0.25) is 0 Å². The summed E-state index contributed by atoms with van der Waals surface area (Å²) in [5.74, 6) is 0.760. The number of rotatable bonds is 4. The lowest BCUT2D eigenvalue weighted by molar-refractivity contribution is 0.319. The minimum atomic E-state index is 0.0398. The Morgan fingerprint density at radius 1 is 1.31 bits per heavy atom. The molecule has 1 rings (SSSR count). The molecule has 0 heterocycles. The van der Waals surface area contributed by atoms with Gasteiger partial charge in [0.1, 0.15) is 5.75 Å². The first kappa shape index (κ1) is 12.7. The van der Waals surface area contributed by atoms with Gasteiger partial charge >= 0.3 is 0 Å². The van der Waals surface area contributed by atoms with Gasteiger partial charge in [-0.25, -0.2) is 0 Å². The van der Waals surface area contributed by atoms with Crippen molar-refractivity contribution in [3.63, 3.8) is 0 Å². The van der Waals surface area contributed by atoms with Crippen LogP contribution in [0.2, 0.25) is 0 Å². The Morgan fingerprint density at radius 2 is 2.00 bits per heavy atom. The van der Waals surface area contributed by atoms with Crippen molar-refractivity contribution in [2.75, 3.05) is 17.7 Å². The number of nitrogens with one attached hydrogen (secondary N) is 1. The summed E-state index contributed by atoms with van der Waals surface area (Å²) in [5, 5.41) is 3.39. The molecule has 1 aromatic rings. The van der Waals surface area contributed by atoms with Crippen LogP contribution in [0.15, 0.2) is 18.2 Å². The Hall–Kier alpha value is -1.38. The normalized spacial score (nSPS) is 11.2. The predicted molar refractivity (Wildman–Crippen MR) is 70.0 cm³/mol. The number of anilines is 2. The second-order valence-corrected chi connectivity index (χ2v) is 4.98. The molecule has 0 fully saturated rings. The van der Waals surface area contributed by atoms with E-state index < -0.39 is 0 Å². The Bertz CT molecular complexity index is 342. The molecule has 0 saturated heterocycles. The van der Waals surface area contributed by atoms with Crippen molar-refractivity contribution in [1.29, 1.82) is 0 Å². The van der Waals surface area contributed by atoms with E-state index in [0.717, 1.165) is 17.9 Å². The van der Waals surface area contributed by atoms with E-state index in [-0.39, 0.29) is 5.54 Å². The number of hydrogen-bond donors (Lipinski definition) is 2. The van der Waals surface area contributed by atoms with Crippen molar-refractivity contribution < 1.29 is 4.74 Å². The largest absolute Gasteiger partial charge is 0.491 e. The summed E-state index contributed by atoms with van der Waals surface area (Å²) in [6, 6.07) is 5.80. The van der Waals surface area contributed by atoms with Crippen molar-refractivity contribution in [3.8, 4) is 5.75 Å². The van der Waals surface area contributed by atoms with E-state index >= 15 is 0 Å². The van der Waals surface area contributed by atoms with Crippen LogP contribution < -0.4 is 15.8 Å². The monoisotopic (exact) mass is 222 g/mol. The first-order valence-electron chi connectivity index (χ1n) is 5.73. The first-order valence-corrected chi connectivity index (χ1v) is 5.73. The van der Waals surface area contributed by atoms with Crippen LogP contribution in [-0.4, -0.2) is 12.1 Å². The number of ether oxygens (including phenoxy) is 1.